The maximum Gasteiger partial charge on any atom is 0.145 e. The van der Waals surface area contributed by atoms with E-state index in [2.05, 4.69) is 33.0 Å². The maximum atomic E-state index is 6.14. The summed E-state index contributed by atoms with van der Waals surface area (Å²) < 4.78 is 5.87. The van der Waals surface area contributed by atoms with Gasteiger partial charge >= 0.3 is 0 Å². The predicted molar refractivity (Wildman–Crippen MR) is 75.5 cm³/mol. The largest absolute Gasteiger partial charge is 0.491 e. The molecular formula is C14H22ClNO. The molecule has 3 heteroatoms. The van der Waals surface area contributed by atoms with E-state index in [0.717, 1.165) is 36.0 Å². The van der Waals surface area contributed by atoms with Gasteiger partial charge in [-0.2, -0.15) is 0 Å². The molecule has 0 aromatic heterocycles. The van der Waals surface area contributed by atoms with E-state index >= 15 is 0 Å². The van der Waals surface area contributed by atoms with Gasteiger partial charge in [0.1, 0.15) is 5.75 Å². The van der Waals surface area contributed by atoms with Crippen LogP contribution in [0.4, 0.5) is 5.69 Å². The van der Waals surface area contributed by atoms with Gasteiger partial charge in [-0.25, -0.2) is 0 Å². The van der Waals surface area contributed by atoms with Gasteiger partial charge < -0.3 is 10.1 Å². The smallest absolute Gasteiger partial charge is 0.145 e. The Kier molecular flexibility index (Phi) is 5.63. The highest BCUT2D eigenvalue weighted by Gasteiger charge is 2.14. The van der Waals surface area contributed by atoms with Gasteiger partial charge in [0.25, 0.3) is 0 Å². The molecule has 0 atom stereocenters. The number of anilines is 1. The molecule has 0 aliphatic rings. The molecule has 17 heavy (non-hydrogen) atoms. The summed E-state index contributed by atoms with van der Waals surface area (Å²) in [5.74, 6) is 1.35. The van der Waals surface area contributed by atoms with Crippen LogP contribution >= 0.6 is 11.6 Å². The van der Waals surface area contributed by atoms with Crippen molar-refractivity contribution in [2.45, 2.75) is 40.0 Å². The quantitative estimate of drug-likeness (QED) is 0.797. The van der Waals surface area contributed by atoms with E-state index in [-0.39, 0.29) is 0 Å². The highest BCUT2D eigenvalue weighted by atomic mass is 35.5. The molecule has 1 aromatic carbocycles. The van der Waals surface area contributed by atoms with E-state index in [0.29, 0.717) is 5.92 Å². The van der Waals surface area contributed by atoms with Gasteiger partial charge in [0.05, 0.1) is 12.3 Å². The molecule has 0 radical (unpaired) electrons. The van der Waals surface area contributed by atoms with Gasteiger partial charge in [-0.3, -0.25) is 0 Å². The van der Waals surface area contributed by atoms with Crippen LogP contribution < -0.4 is 10.1 Å². The molecule has 1 N–H and O–H groups in total. The SMILES string of the molecule is CCCOc1c(NCC)cc(Cl)cc1C(C)C. The predicted octanol–water partition coefficient (Wildman–Crippen LogP) is 4.68. The molecule has 0 heterocycles. The number of rotatable bonds is 6. The first-order valence-corrected chi connectivity index (χ1v) is 6.68. The van der Waals surface area contributed by atoms with Crippen LogP contribution in [0.5, 0.6) is 5.75 Å². The molecule has 0 aliphatic carbocycles. The minimum Gasteiger partial charge on any atom is -0.491 e. The Morgan fingerprint density at radius 2 is 2.00 bits per heavy atom. The first-order valence-electron chi connectivity index (χ1n) is 6.30. The normalized spacial score (nSPS) is 10.7. The lowest BCUT2D eigenvalue weighted by Gasteiger charge is -2.19. The first kappa shape index (κ1) is 14.2. The summed E-state index contributed by atoms with van der Waals surface area (Å²) in [7, 11) is 0. The van der Waals surface area contributed by atoms with Gasteiger partial charge in [-0.05, 0) is 31.4 Å². The van der Waals surface area contributed by atoms with Gasteiger partial charge in [0.15, 0.2) is 0 Å². The highest BCUT2D eigenvalue weighted by Crippen LogP contribution is 2.37. The monoisotopic (exact) mass is 255 g/mol. The van der Waals surface area contributed by atoms with Crippen LogP contribution in [0.2, 0.25) is 5.02 Å². The molecule has 1 aromatic rings. The topological polar surface area (TPSA) is 21.3 Å². The second-order valence-corrected chi connectivity index (χ2v) is 4.84. The van der Waals surface area contributed by atoms with E-state index in [1.165, 1.54) is 5.56 Å². The third-order valence-electron chi connectivity index (χ3n) is 2.52. The van der Waals surface area contributed by atoms with E-state index in [4.69, 9.17) is 16.3 Å². The summed E-state index contributed by atoms with van der Waals surface area (Å²) >= 11 is 6.14. The van der Waals surface area contributed by atoms with Crippen molar-refractivity contribution in [2.24, 2.45) is 0 Å². The van der Waals surface area contributed by atoms with Crippen LogP contribution in [0, 0.1) is 0 Å². The molecule has 0 bridgehead atoms. The highest BCUT2D eigenvalue weighted by molar-refractivity contribution is 6.31. The lowest BCUT2D eigenvalue weighted by Crippen LogP contribution is -2.06. The molecule has 0 aliphatic heterocycles. The van der Waals surface area contributed by atoms with E-state index in [1.807, 2.05) is 12.1 Å². The Bertz CT molecular complexity index is 363. The van der Waals surface area contributed by atoms with Crippen LogP contribution in [0.1, 0.15) is 45.6 Å². The summed E-state index contributed by atoms with van der Waals surface area (Å²) in [5, 5.41) is 4.07. The van der Waals surface area contributed by atoms with Gasteiger partial charge in [-0.1, -0.05) is 32.4 Å². The van der Waals surface area contributed by atoms with Crippen molar-refractivity contribution in [1.29, 1.82) is 0 Å². The molecule has 0 unspecified atom stereocenters. The zero-order chi connectivity index (χ0) is 12.8. The van der Waals surface area contributed by atoms with Gasteiger partial charge in [-0.15, -0.1) is 0 Å². The number of ether oxygens (including phenoxy) is 1. The van der Waals surface area contributed by atoms with Crippen molar-refractivity contribution >= 4 is 17.3 Å². The fraction of sp³-hybridized carbons (Fsp3) is 0.571. The minimum atomic E-state index is 0.401. The second-order valence-electron chi connectivity index (χ2n) is 4.41. The van der Waals surface area contributed by atoms with Crippen molar-refractivity contribution in [3.05, 3.63) is 22.7 Å². The van der Waals surface area contributed by atoms with Crippen molar-refractivity contribution in [1.82, 2.24) is 0 Å². The number of hydrogen-bond donors (Lipinski definition) is 1. The van der Waals surface area contributed by atoms with Crippen LogP contribution in [-0.2, 0) is 0 Å². The molecule has 1 rings (SSSR count). The average molecular weight is 256 g/mol. The van der Waals surface area contributed by atoms with Crippen molar-refractivity contribution in [2.75, 3.05) is 18.5 Å². The minimum absolute atomic E-state index is 0.401. The molecule has 0 saturated heterocycles. The Morgan fingerprint density at radius 1 is 1.29 bits per heavy atom. The average Bonchev–Trinajstić information content (AvgIpc) is 2.27. The van der Waals surface area contributed by atoms with Crippen molar-refractivity contribution in [3.63, 3.8) is 0 Å². The molecule has 0 amide bonds. The molecule has 0 fully saturated rings. The van der Waals surface area contributed by atoms with Crippen molar-refractivity contribution in [3.8, 4) is 5.75 Å². The van der Waals surface area contributed by atoms with Gasteiger partial charge in [0, 0.05) is 17.1 Å². The number of halogens is 1. The molecule has 0 spiro atoms. The van der Waals surface area contributed by atoms with Crippen LogP contribution in [0.3, 0.4) is 0 Å². The van der Waals surface area contributed by atoms with Crippen LogP contribution in [0.25, 0.3) is 0 Å². The lowest BCUT2D eigenvalue weighted by atomic mass is 10.0. The number of nitrogens with one attached hydrogen (secondary N) is 1. The zero-order valence-corrected chi connectivity index (χ0v) is 11.9. The summed E-state index contributed by atoms with van der Waals surface area (Å²) in [6.07, 6.45) is 1.01. The number of benzene rings is 1. The van der Waals surface area contributed by atoms with E-state index in [1.54, 1.807) is 0 Å². The molecule has 2 nitrogen and oxygen atoms in total. The van der Waals surface area contributed by atoms with Crippen molar-refractivity contribution < 1.29 is 4.74 Å². The summed E-state index contributed by atoms with van der Waals surface area (Å²) in [6, 6.07) is 3.93. The summed E-state index contributed by atoms with van der Waals surface area (Å²) in [4.78, 5) is 0. The Labute approximate surface area is 109 Å². The Hall–Kier alpha value is -0.890. The number of hydrogen-bond acceptors (Lipinski definition) is 2. The van der Waals surface area contributed by atoms with Crippen LogP contribution in [-0.4, -0.2) is 13.2 Å². The molecule has 0 saturated carbocycles. The molecule has 96 valence electrons. The standard InChI is InChI=1S/C14H22ClNO/c1-5-7-17-14-12(10(3)4)8-11(15)9-13(14)16-6-2/h8-10,16H,5-7H2,1-4H3. The van der Waals surface area contributed by atoms with E-state index in [9.17, 15) is 0 Å². The Morgan fingerprint density at radius 3 is 2.53 bits per heavy atom. The van der Waals surface area contributed by atoms with Crippen LogP contribution in [0.15, 0.2) is 12.1 Å². The fourth-order valence-corrected chi connectivity index (χ4v) is 1.96. The maximum absolute atomic E-state index is 6.14. The molecular weight excluding hydrogens is 234 g/mol. The fourth-order valence-electron chi connectivity index (χ4n) is 1.73. The van der Waals surface area contributed by atoms with E-state index < -0.39 is 0 Å². The first-order chi connectivity index (χ1) is 8.10. The second kappa shape index (κ2) is 6.75. The lowest BCUT2D eigenvalue weighted by molar-refractivity contribution is 0.314. The summed E-state index contributed by atoms with van der Waals surface area (Å²) in [5.41, 5.74) is 2.17. The Balaban J connectivity index is 3.16. The summed E-state index contributed by atoms with van der Waals surface area (Å²) in [6.45, 7) is 10.1. The zero-order valence-electron chi connectivity index (χ0n) is 11.1. The van der Waals surface area contributed by atoms with Gasteiger partial charge in [0.2, 0.25) is 0 Å². The third kappa shape index (κ3) is 3.81. The third-order valence-corrected chi connectivity index (χ3v) is 2.74.